The van der Waals surface area contributed by atoms with Crippen molar-refractivity contribution in [3.8, 4) is 5.75 Å². The molecule has 27 heavy (non-hydrogen) atoms. The molecule has 2 aromatic rings. The summed E-state index contributed by atoms with van der Waals surface area (Å²) in [5, 5.41) is 0. The third kappa shape index (κ3) is 4.35. The van der Waals surface area contributed by atoms with Crippen molar-refractivity contribution in [1.82, 2.24) is 9.88 Å². The maximum absolute atomic E-state index is 12.8. The molecule has 0 bridgehead atoms. The summed E-state index contributed by atoms with van der Waals surface area (Å²) >= 11 is 3.38. The van der Waals surface area contributed by atoms with Crippen molar-refractivity contribution < 1.29 is 22.7 Å². The second kappa shape index (κ2) is 7.75. The SMILES string of the molecule is COc1ccc(Br)c(C(=O)N2CCN(c3ccc(C(F)(F)F)cn3)CC2)c1. The third-order valence-corrected chi connectivity index (χ3v) is 5.06. The average Bonchev–Trinajstić information content (AvgIpc) is 2.67. The molecule has 0 spiro atoms. The highest BCUT2D eigenvalue weighted by atomic mass is 79.9. The van der Waals surface area contributed by atoms with Crippen molar-refractivity contribution in [2.24, 2.45) is 0 Å². The lowest BCUT2D eigenvalue weighted by atomic mass is 10.1. The molecular weight excluding hydrogens is 427 g/mol. The van der Waals surface area contributed by atoms with Crippen molar-refractivity contribution in [3.63, 3.8) is 0 Å². The summed E-state index contributed by atoms with van der Waals surface area (Å²) in [6, 6.07) is 7.58. The number of methoxy groups -OCH3 is 1. The average molecular weight is 444 g/mol. The molecular formula is C18H17BrF3N3O2. The van der Waals surface area contributed by atoms with Crippen molar-refractivity contribution in [1.29, 1.82) is 0 Å². The standard InChI is InChI=1S/C18H17BrF3N3O2/c1-27-13-3-4-15(19)14(10-13)17(26)25-8-6-24(7-9-25)16-5-2-12(11-23-16)18(20,21)22/h2-5,10-11H,6-9H2,1H3. The van der Waals surface area contributed by atoms with Crippen LogP contribution in [0.1, 0.15) is 15.9 Å². The molecule has 9 heteroatoms. The minimum absolute atomic E-state index is 0.124. The fourth-order valence-corrected chi connectivity index (χ4v) is 3.26. The summed E-state index contributed by atoms with van der Waals surface area (Å²) in [5.74, 6) is 0.938. The minimum atomic E-state index is -4.40. The summed E-state index contributed by atoms with van der Waals surface area (Å²) in [7, 11) is 1.54. The van der Waals surface area contributed by atoms with Crippen LogP contribution in [0.15, 0.2) is 41.0 Å². The van der Waals surface area contributed by atoms with Crippen LogP contribution in [0.2, 0.25) is 0 Å². The van der Waals surface area contributed by atoms with Crippen molar-refractivity contribution >= 4 is 27.7 Å². The first kappa shape index (κ1) is 19.5. The van der Waals surface area contributed by atoms with Gasteiger partial charge in [0, 0.05) is 36.8 Å². The van der Waals surface area contributed by atoms with E-state index in [1.54, 1.807) is 23.1 Å². The van der Waals surface area contributed by atoms with Gasteiger partial charge in [-0.25, -0.2) is 4.98 Å². The predicted molar refractivity (Wildman–Crippen MR) is 98.0 cm³/mol. The maximum atomic E-state index is 12.8. The summed E-state index contributed by atoms with van der Waals surface area (Å²) < 4.78 is 43.8. The van der Waals surface area contributed by atoms with Gasteiger partial charge in [0.1, 0.15) is 11.6 Å². The number of aromatic nitrogens is 1. The van der Waals surface area contributed by atoms with Crippen molar-refractivity contribution in [3.05, 3.63) is 52.1 Å². The Morgan fingerprint density at radius 2 is 1.85 bits per heavy atom. The molecule has 1 fully saturated rings. The molecule has 0 N–H and O–H groups in total. The lowest BCUT2D eigenvalue weighted by Crippen LogP contribution is -2.49. The molecule has 144 valence electrons. The number of hydrogen-bond acceptors (Lipinski definition) is 4. The van der Waals surface area contributed by atoms with Crippen LogP contribution in [0.25, 0.3) is 0 Å². The molecule has 1 aromatic carbocycles. The van der Waals surface area contributed by atoms with Gasteiger partial charge in [0.05, 0.1) is 18.2 Å². The second-order valence-electron chi connectivity index (χ2n) is 6.03. The van der Waals surface area contributed by atoms with Crippen LogP contribution in [-0.4, -0.2) is 49.1 Å². The summed E-state index contributed by atoms with van der Waals surface area (Å²) in [6.07, 6.45) is -3.57. The number of benzene rings is 1. The number of hydrogen-bond donors (Lipinski definition) is 0. The van der Waals surface area contributed by atoms with E-state index in [2.05, 4.69) is 20.9 Å². The molecule has 0 atom stereocenters. The molecule has 1 amide bonds. The monoisotopic (exact) mass is 443 g/mol. The van der Waals surface area contributed by atoms with Gasteiger partial charge in [0.15, 0.2) is 0 Å². The van der Waals surface area contributed by atoms with Crippen molar-refractivity contribution in [2.75, 3.05) is 38.2 Å². The number of amides is 1. The predicted octanol–water partition coefficient (Wildman–Crippen LogP) is 3.83. The zero-order valence-electron chi connectivity index (χ0n) is 14.5. The summed E-state index contributed by atoms with van der Waals surface area (Å²) in [4.78, 5) is 20.3. The summed E-state index contributed by atoms with van der Waals surface area (Å²) in [6.45, 7) is 1.88. The zero-order chi connectivity index (χ0) is 19.6. The van der Waals surface area contributed by atoms with E-state index in [-0.39, 0.29) is 5.91 Å². The van der Waals surface area contributed by atoms with Gasteiger partial charge in [0.25, 0.3) is 5.91 Å². The molecule has 1 aliphatic rings. The molecule has 2 heterocycles. The first-order valence-electron chi connectivity index (χ1n) is 8.20. The molecule has 1 saturated heterocycles. The minimum Gasteiger partial charge on any atom is -0.497 e. The molecule has 0 radical (unpaired) electrons. The molecule has 1 aromatic heterocycles. The largest absolute Gasteiger partial charge is 0.497 e. The molecule has 5 nitrogen and oxygen atoms in total. The van der Waals surface area contributed by atoms with Gasteiger partial charge in [0.2, 0.25) is 0 Å². The maximum Gasteiger partial charge on any atom is 0.417 e. The van der Waals surface area contributed by atoms with Gasteiger partial charge >= 0.3 is 6.18 Å². The Kier molecular flexibility index (Phi) is 5.59. The van der Waals surface area contributed by atoms with E-state index >= 15 is 0 Å². The Hall–Kier alpha value is -2.29. The topological polar surface area (TPSA) is 45.7 Å². The van der Waals surface area contributed by atoms with Gasteiger partial charge in [-0.1, -0.05) is 0 Å². The number of pyridine rings is 1. The quantitative estimate of drug-likeness (QED) is 0.722. The first-order valence-corrected chi connectivity index (χ1v) is 9.00. The van der Waals surface area contributed by atoms with Gasteiger partial charge in [-0.3, -0.25) is 4.79 Å². The summed E-state index contributed by atoms with van der Waals surface area (Å²) in [5.41, 5.74) is -0.265. The van der Waals surface area contributed by atoms with Crippen LogP contribution in [-0.2, 0) is 6.18 Å². The lowest BCUT2D eigenvalue weighted by Gasteiger charge is -2.35. The Bertz CT molecular complexity index is 820. The van der Waals surface area contributed by atoms with Gasteiger partial charge in [-0.15, -0.1) is 0 Å². The second-order valence-corrected chi connectivity index (χ2v) is 6.88. The van der Waals surface area contributed by atoms with Crippen LogP contribution < -0.4 is 9.64 Å². The van der Waals surface area contributed by atoms with E-state index in [1.807, 2.05) is 4.90 Å². The van der Waals surface area contributed by atoms with Gasteiger partial charge in [-0.05, 0) is 46.3 Å². The Balaban J connectivity index is 1.66. The van der Waals surface area contributed by atoms with E-state index in [0.717, 1.165) is 12.3 Å². The molecule has 0 unspecified atom stereocenters. The fourth-order valence-electron chi connectivity index (χ4n) is 2.85. The molecule has 3 rings (SSSR count). The van der Waals surface area contributed by atoms with Crippen molar-refractivity contribution in [2.45, 2.75) is 6.18 Å². The van der Waals surface area contributed by atoms with E-state index in [1.165, 1.54) is 13.2 Å². The Labute approximate surface area is 162 Å². The smallest absolute Gasteiger partial charge is 0.417 e. The number of piperazine rings is 1. The van der Waals surface area contributed by atoms with Crippen LogP contribution in [0.3, 0.4) is 0 Å². The molecule has 0 saturated carbocycles. The highest BCUT2D eigenvalue weighted by Gasteiger charge is 2.31. The first-order chi connectivity index (χ1) is 12.8. The zero-order valence-corrected chi connectivity index (χ0v) is 16.0. The van der Waals surface area contributed by atoms with E-state index in [9.17, 15) is 18.0 Å². The van der Waals surface area contributed by atoms with Crippen LogP contribution in [0.5, 0.6) is 5.75 Å². The van der Waals surface area contributed by atoms with E-state index in [4.69, 9.17) is 4.74 Å². The number of rotatable bonds is 3. The fraction of sp³-hybridized carbons (Fsp3) is 0.333. The van der Waals surface area contributed by atoms with Crippen LogP contribution >= 0.6 is 15.9 Å². The highest BCUT2D eigenvalue weighted by molar-refractivity contribution is 9.10. The van der Waals surface area contributed by atoms with E-state index < -0.39 is 11.7 Å². The van der Waals surface area contributed by atoms with Gasteiger partial charge in [-0.2, -0.15) is 13.2 Å². The third-order valence-electron chi connectivity index (χ3n) is 4.37. The Morgan fingerprint density at radius 3 is 2.41 bits per heavy atom. The van der Waals surface area contributed by atoms with E-state index in [0.29, 0.717) is 47.8 Å². The number of alkyl halides is 3. The number of halogens is 4. The highest BCUT2D eigenvalue weighted by Crippen LogP contribution is 2.30. The number of carbonyl (C=O) groups is 1. The van der Waals surface area contributed by atoms with Crippen LogP contribution in [0.4, 0.5) is 19.0 Å². The van der Waals surface area contributed by atoms with Gasteiger partial charge < -0.3 is 14.5 Å². The van der Waals surface area contributed by atoms with Crippen LogP contribution in [0, 0.1) is 0 Å². The number of anilines is 1. The lowest BCUT2D eigenvalue weighted by molar-refractivity contribution is -0.137. The number of ether oxygens (including phenoxy) is 1. The molecule has 0 aliphatic carbocycles. The normalized spacial score (nSPS) is 15.0. The Morgan fingerprint density at radius 1 is 1.15 bits per heavy atom. The molecule has 1 aliphatic heterocycles. The number of nitrogens with zero attached hydrogens (tertiary/aromatic N) is 3. The number of carbonyl (C=O) groups excluding carboxylic acids is 1.